The highest BCUT2D eigenvalue weighted by Crippen LogP contribution is 2.18. The Balaban J connectivity index is 1.77. The molecule has 96 valence electrons. The quantitative estimate of drug-likeness (QED) is 0.840. The molecule has 0 amide bonds. The number of hydrogen-bond acceptors (Lipinski definition) is 3. The standard InChI is InChI=1S/C13H23N3O/c1-10(2)16-9-11(8-15-16)7-14-12-3-5-13(17)6-4-12/h8-10,12-14,17H,3-7H2,1-2H3. The first-order valence-corrected chi connectivity index (χ1v) is 6.59. The average molecular weight is 237 g/mol. The van der Waals surface area contributed by atoms with Crippen molar-refractivity contribution >= 4 is 0 Å². The van der Waals surface area contributed by atoms with Crippen LogP contribution >= 0.6 is 0 Å². The van der Waals surface area contributed by atoms with Gasteiger partial charge in [0.25, 0.3) is 0 Å². The monoisotopic (exact) mass is 237 g/mol. The van der Waals surface area contributed by atoms with Crippen LogP contribution in [-0.4, -0.2) is 27.0 Å². The van der Waals surface area contributed by atoms with Crippen LogP contribution in [0.25, 0.3) is 0 Å². The molecule has 1 aliphatic carbocycles. The zero-order chi connectivity index (χ0) is 12.3. The van der Waals surface area contributed by atoms with Crippen molar-refractivity contribution in [3.05, 3.63) is 18.0 Å². The van der Waals surface area contributed by atoms with Gasteiger partial charge in [-0.05, 0) is 39.5 Å². The van der Waals surface area contributed by atoms with Crippen LogP contribution < -0.4 is 5.32 Å². The fourth-order valence-corrected chi connectivity index (χ4v) is 2.29. The number of nitrogens with zero attached hydrogens (tertiary/aromatic N) is 2. The van der Waals surface area contributed by atoms with Gasteiger partial charge in [-0.3, -0.25) is 4.68 Å². The average Bonchev–Trinajstić information content (AvgIpc) is 2.77. The Morgan fingerprint density at radius 1 is 1.41 bits per heavy atom. The van der Waals surface area contributed by atoms with Gasteiger partial charge in [-0.1, -0.05) is 0 Å². The van der Waals surface area contributed by atoms with Crippen LogP contribution in [0.5, 0.6) is 0 Å². The van der Waals surface area contributed by atoms with E-state index in [2.05, 4.69) is 30.5 Å². The largest absolute Gasteiger partial charge is 0.393 e. The Hall–Kier alpha value is -0.870. The predicted octanol–water partition coefficient (Wildman–Crippen LogP) is 1.86. The Labute approximate surface area is 103 Å². The van der Waals surface area contributed by atoms with Crippen molar-refractivity contribution in [3.63, 3.8) is 0 Å². The van der Waals surface area contributed by atoms with Gasteiger partial charge in [0.1, 0.15) is 0 Å². The molecule has 0 bridgehead atoms. The summed E-state index contributed by atoms with van der Waals surface area (Å²) >= 11 is 0. The number of hydrogen-bond donors (Lipinski definition) is 2. The molecule has 0 unspecified atom stereocenters. The number of nitrogens with one attached hydrogen (secondary N) is 1. The minimum Gasteiger partial charge on any atom is -0.393 e. The van der Waals surface area contributed by atoms with E-state index in [1.165, 1.54) is 5.56 Å². The maximum absolute atomic E-state index is 9.44. The van der Waals surface area contributed by atoms with Crippen molar-refractivity contribution < 1.29 is 5.11 Å². The van der Waals surface area contributed by atoms with Crippen molar-refractivity contribution in [3.8, 4) is 0 Å². The molecular formula is C13H23N3O. The summed E-state index contributed by atoms with van der Waals surface area (Å²) in [6.45, 7) is 5.15. The summed E-state index contributed by atoms with van der Waals surface area (Å²) in [5.74, 6) is 0. The maximum atomic E-state index is 9.44. The van der Waals surface area contributed by atoms with Gasteiger partial charge in [-0.15, -0.1) is 0 Å². The molecule has 0 radical (unpaired) electrons. The van der Waals surface area contributed by atoms with Crippen molar-refractivity contribution in [2.24, 2.45) is 0 Å². The van der Waals surface area contributed by atoms with Crippen LogP contribution in [0, 0.1) is 0 Å². The smallest absolute Gasteiger partial charge is 0.0541 e. The highest BCUT2D eigenvalue weighted by Gasteiger charge is 2.18. The second-order valence-electron chi connectivity index (χ2n) is 5.31. The zero-order valence-electron chi connectivity index (χ0n) is 10.8. The van der Waals surface area contributed by atoms with Crippen LogP contribution in [0.3, 0.4) is 0 Å². The van der Waals surface area contributed by atoms with E-state index in [1.807, 2.05) is 10.9 Å². The molecule has 1 aromatic rings. The Bertz CT molecular complexity index is 340. The summed E-state index contributed by atoms with van der Waals surface area (Å²) in [7, 11) is 0. The molecule has 4 nitrogen and oxygen atoms in total. The summed E-state index contributed by atoms with van der Waals surface area (Å²) in [5, 5.41) is 17.3. The molecule has 0 saturated heterocycles. The highest BCUT2D eigenvalue weighted by molar-refractivity contribution is 5.04. The zero-order valence-corrected chi connectivity index (χ0v) is 10.8. The molecule has 0 atom stereocenters. The van der Waals surface area contributed by atoms with Crippen molar-refractivity contribution in [1.29, 1.82) is 0 Å². The van der Waals surface area contributed by atoms with Crippen LogP contribution in [0.1, 0.15) is 51.1 Å². The lowest BCUT2D eigenvalue weighted by atomic mass is 9.93. The molecule has 1 fully saturated rings. The van der Waals surface area contributed by atoms with Gasteiger partial charge < -0.3 is 10.4 Å². The summed E-state index contributed by atoms with van der Waals surface area (Å²) in [6.07, 6.45) is 8.00. The lowest BCUT2D eigenvalue weighted by Crippen LogP contribution is -2.34. The van der Waals surface area contributed by atoms with E-state index in [0.29, 0.717) is 12.1 Å². The first-order chi connectivity index (χ1) is 8.15. The van der Waals surface area contributed by atoms with Crippen molar-refractivity contribution in [2.45, 2.75) is 64.3 Å². The van der Waals surface area contributed by atoms with Gasteiger partial charge in [-0.2, -0.15) is 5.10 Å². The van der Waals surface area contributed by atoms with E-state index in [-0.39, 0.29) is 6.10 Å². The summed E-state index contributed by atoms with van der Waals surface area (Å²) in [4.78, 5) is 0. The van der Waals surface area contributed by atoms with Gasteiger partial charge in [0.2, 0.25) is 0 Å². The molecule has 1 heterocycles. The Morgan fingerprint density at radius 3 is 2.71 bits per heavy atom. The molecule has 17 heavy (non-hydrogen) atoms. The SMILES string of the molecule is CC(C)n1cc(CNC2CCC(O)CC2)cn1. The van der Waals surface area contributed by atoms with Crippen molar-refractivity contribution in [2.75, 3.05) is 0 Å². The summed E-state index contributed by atoms with van der Waals surface area (Å²) in [6, 6.07) is 0.981. The van der Waals surface area contributed by atoms with Crippen LogP contribution in [-0.2, 0) is 6.54 Å². The Kier molecular flexibility index (Phi) is 4.18. The third-order valence-corrected chi connectivity index (χ3v) is 3.48. The van der Waals surface area contributed by atoms with Gasteiger partial charge in [0.05, 0.1) is 12.3 Å². The molecule has 0 aromatic carbocycles. The van der Waals surface area contributed by atoms with Gasteiger partial charge in [0, 0.05) is 30.4 Å². The molecule has 2 N–H and O–H groups in total. The minimum absolute atomic E-state index is 0.0725. The number of aromatic nitrogens is 2. The predicted molar refractivity (Wildman–Crippen MR) is 67.7 cm³/mol. The molecular weight excluding hydrogens is 214 g/mol. The second kappa shape index (κ2) is 5.65. The molecule has 1 aromatic heterocycles. The van der Waals surface area contributed by atoms with Crippen LogP contribution in [0.15, 0.2) is 12.4 Å². The third-order valence-electron chi connectivity index (χ3n) is 3.48. The van der Waals surface area contributed by atoms with Crippen LogP contribution in [0.2, 0.25) is 0 Å². The van der Waals surface area contributed by atoms with E-state index in [4.69, 9.17) is 0 Å². The highest BCUT2D eigenvalue weighted by atomic mass is 16.3. The molecule has 1 aliphatic rings. The van der Waals surface area contributed by atoms with E-state index < -0.39 is 0 Å². The van der Waals surface area contributed by atoms with E-state index >= 15 is 0 Å². The number of aliphatic hydroxyl groups excluding tert-OH is 1. The Morgan fingerprint density at radius 2 is 2.12 bits per heavy atom. The molecule has 2 rings (SSSR count). The first-order valence-electron chi connectivity index (χ1n) is 6.59. The second-order valence-corrected chi connectivity index (χ2v) is 5.31. The summed E-state index contributed by atoms with van der Waals surface area (Å²) < 4.78 is 1.99. The maximum Gasteiger partial charge on any atom is 0.0541 e. The number of aliphatic hydroxyl groups is 1. The van der Waals surface area contributed by atoms with E-state index in [0.717, 1.165) is 32.2 Å². The fraction of sp³-hybridized carbons (Fsp3) is 0.769. The molecule has 4 heteroatoms. The third kappa shape index (κ3) is 3.54. The van der Waals surface area contributed by atoms with Crippen molar-refractivity contribution in [1.82, 2.24) is 15.1 Å². The van der Waals surface area contributed by atoms with Gasteiger partial charge in [0.15, 0.2) is 0 Å². The normalized spacial score (nSPS) is 25.4. The fourth-order valence-electron chi connectivity index (χ4n) is 2.29. The van der Waals surface area contributed by atoms with Gasteiger partial charge in [-0.25, -0.2) is 0 Å². The van der Waals surface area contributed by atoms with Gasteiger partial charge >= 0.3 is 0 Å². The van der Waals surface area contributed by atoms with Crippen LogP contribution in [0.4, 0.5) is 0 Å². The number of rotatable bonds is 4. The molecule has 0 aliphatic heterocycles. The lowest BCUT2D eigenvalue weighted by Gasteiger charge is -2.26. The molecule has 1 saturated carbocycles. The van der Waals surface area contributed by atoms with E-state index in [1.54, 1.807) is 0 Å². The minimum atomic E-state index is -0.0725. The molecule has 0 spiro atoms. The van der Waals surface area contributed by atoms with E-state index in [9.17, 15) is 5.11 Å². The topological polar surface area (TPSA) is 50.1 Å². The first kappa shape index (κ1) is 12.6. The lowest BCUT2D eigenvalue weighted by molar-refractivity contribution is 0.116. The summed E-state index contributed by atoms with van der Waals surface area (Å²) in [5.41, 5.74) is 1.24.